The molecule has 1 N–H and O–H groups in total. The summed E-state index contributed by atoms with van der Waals surface area (Å²) in [6, 6.07) is 13.9. The lowest BCUT2D eigenvalue weighted by atomic mass is 10.1. The number of amides is 1. The number of benzene rings is 2. The topological polar surface area (TPSA) is 77.6 Å². The molecule has 152 valence electrons. The molecule has 7 nitrogen and oxygen atoms in total. The van der Waals surface area contributed by atoms with Crippen molar-refractivity contribution in [2.75, 3.05) is 5.75 Å². The second-order valence-corrected chi connectivity index (χ2v) is 7.51. The second-order valence-electron chi connectivity index (χ2n) is 6.57. The lowest BCUT2D eigenvalue weighted by Gasteiger charge is -2.15. The van der Waals surface area contributed by atoms with E-state index < -0.39 is 0 Å². The van der Waals surface area contributed by atoms with Crippen LogP contribution in [0.25, 0.3) is 11.4 Å². The Morgan fingerprint density at radius 3 is 2.77 bits per heavy atom. The van der Waals surface area contributed by atoms with Gasteiger partial charge in [-0.05, 0) is 42.8 Å². The predicted molar refractivity (Wildman–Crippen MR) is 112 cm³/mol. The van der Waals surface area contributed by atoms with Gasteiger partial charge in [0.25, 0.3) is 0 Å². The van der Waals surface area contributed by atoms with Crippen molar-refractivity contribution in [2.45, 2.75) is 18.1 Å². The lowest BCUT2D eigenvalue weighted by molar-refractivity contribution is -0.119. The van der Waals surface area contributed by atoms with Crippen LogP contribution in [0.3, 0.4) is 0 Å². The van der Waals surface area contributed by atoms with Crippen LogP contribution in [0.1, 0.15) is 18.5 Å². The monoisotopic (exact) mass is 422 g/mol. The molecular weight excluding hydrogens is 403 g/mol. The van der Waals surface area contributed by atoms with Crippen molar-refractivity contribution < 1.29 is 9.18 Å². The number of nitrogens with one attached hydrogen (secondary N) is 1. The summed E-state index contributed by atoms with van der Waals surface area (Å²) in [7, 11) is 0. The molecule has 1 unspecified atom stereocenters. The Morgan fingerprint density at radius 2 is 2.03 bits per heavy atom. The summed E-state index contributed by atoms with van der Waals surface area (Å²) in [6.45, 7) is 1.93. The average molecular weight is 422 g/mol. The van der Waals surface area contributed by atoms with E-state index >= 15 is 0 Å². The van der Waals surface area contributed by atoms with Gasteiger partial charge in [0.15, 0.2) is 5.16 Å². The number of halogens is 1. The van der Waals surface area contributed by atoms with Crippen LogP contribution < -0.4 is 5.32 Å². The summed E-state index contributed by atoms with van der Waals surface area (Å²) in [4.78, 5) is 20.6. The highest BCUT2D eigenvalue weighted by Gasteiger charge is 2.13. The normalized spacial score (nSPS) is 11.9. The van der Waals surface area contributed by atoms with Gasteiger partial charge in [0.2, 0.25) is 5.91 Å². The molecule has 2 aromatic heterocycles. The van der Waals surface area contributed by atoms with E-state index in [9.17, 15) is 9.18 Å². The van der Waals surface area contributed by atoms with Crippen LogP contribution in [0.2, 0.25) is 0 Å². The van der Waals surface area contributed by atoms with E-state index in [1.807, 2.05) is 31.2 Å². The fourth-order valence-electron chi connectivity index (χ4n) is 2.97. The summed E-state index contributed by atoms with van der Waals surface area (Å²) >= 11 is 1.30. The number of nitrogens with zero attached hydrogens (tertiary/aromatic N) is 5. The average Bonchev–Trinajstić information content (AvgIpc) is 3.44. The standard InChI is InChI=1S/C21H19FN6OS/c1-15(16-5-7-18(8-6-16)28-14-23-13-25-28)26-20(29)12-30-21-24-9-10-27(21)19-4-2-3-17(22)11-19/h2-11,13-15H,12H2,1H3,(H,26,29). The van der Waals surface area contributed by atoms with Gasteiger partial charge in [-0.1, -0.05) is 30.0 Å². The van der Waals surface area contributed by atoms with E-state index in [0.29, 0.717) is 10.8 Å². The lowest BCUT2D eigenvalue weighted by Crippen LogP contribution is -2.28. The van der Waals surface area contributed by atoms with Crippen molar-refractivity contribution in [3.05, 3.63) is 85.0 Å². The number of imidazole rings is 1. The number of hydrogen-bond acceptors (Lipinski definition) is 5. The Balaban J connectivity index is 1.35. The van der Waals surface area contributed by atoms with Crippen LogP contribution >= 0.6 is 11.8 Å². The Kier molecular flexibility index (Phi) is 5.89. The molecule has 2 heterocycles. The van der Waals surface area contributed by atoms with Gasteiger partial charge in [0.1, 0.15) is 18.5 Å². The highest BCUT2D eigenvalue weighted by molar-refractivity contribution is 7.99. The summed E-state index contributed by atoms with van der Waals surface area (Å²) in [5, 5.41) is 7.71. The summed E-state index contributed by atoms with van der Waals surface area (Å²) in [5.74, 6) is -0.228. The van der Waals surface area contributed by atoms with Gasteiger partial charge in [-0.2, -0.15) is 5.10 Å². The molecule has 0 saturated heterocycles. The second kappa shape index (κ2) is 8.91. The highest BCUT2D eigenvalue weighted by atomic mass is 32.2. The fraction of sp³-hybridized carbons (Fsp3) is 0.143. The maximum Gasteiger partial charge on any atom is 0.230 e. The number of aromatic nitrogens is 5. The first-order valence-electron chi connectivity index (χ1n) is 9.26. The summed E-state index contributed by atoms with van der Waals surface area (Å²) in [6.07, 6.45) is 6.48. The van der Waals surface area contributed by atoms with Gasteiger partial charge in [-0.15, -0.1) is 0 Å². The first-order valence-corrected chi connectivity index (χ1v) is 10.2. The van der Waals surface area contributed by atoms with Crippen LogP contribution in [-0.4, -0.2) is 36.0 Å². The number of thioether (sulfide) groups is 1. The number of carbonyl (C=O) groups excluding carboxylic acids is 1. The van der Waals surface area contributed by atoms with Gasteiger partial charge in [0, 0.05) is 12.4 Å². The van der Waals surface area contributed by atoms with Crippen molar-refractivity contribution in [3.8, 4) is 11.4 Å². The van der Waals surface area contributed by atoms with Crippen LogP contribution in [0, 0.1) is 5.82 Å². The molecule has 0 saturated carbocycles. The predicted octanol–water partition coefficient (Wildman–Crippen LogP) is 3.56. The molecule has 0 aliphatic carbocycles. The molecule has 0 radical (unpaired) electrons. The van der Waals surface area contributed by atoms with E-state index in [-0.39, 0.29) is 23.5 Å². The molecule has 30 heavy (non-hydrogen) atoms. The molecule has 0 aliphatic rings. The smallest absolute Gasteiger partial charge is 0.230 e. The SMILES string of the molecule is CC(NC(=O)CSc1nccn1-c1cccc(F)c1)c1ccc(-n2cncn2)cc1. The minimum Gasteiger partial charge on any atom is -0.349 e. The van der Waals surface area contributed by atoms with Crippen molar-refractivity contribution in [1.82, 2.24) is 29.6 Å². The molecule has 2 aromatic carbocycles. The maximum atomic E-state index is 13.5. The van der Waals surface area contributed by atoms with Crippen LogP contribution in [0.4, 0.5) is 4.39 Å². The van der Waals surface area contributed by atoms with E-state index in [4.69, 9.17) is 0 Å². The molecule has 0 spiro atoms. The minimum atomic E-state index is -0.321. The van der Waals surface area contributed by atoms with Crippen molar-refractivity contribution in [2.24, 2.45) is 0 Å². The molecule has 1 atom stereocenters. The van der Waals surface area contributed by atoms with Gasteiger partial charge < -0.3 is 5.32 Å². The molecule has 4 aromatic rings. The van der Waals surface area contributed by atoms with Crippen LogP contribution in [-0.2, 0) is 4.79 Å². The zero-order chi connectivity index (χ0) is 20.9. The van der Waals surface area contributed by atoms with Gasteiger partial charge in [-0.3, -0.25) is 9.36 Å². The Hall–Kier alpha value is -3.46. The van der Waals surface area contributed by atoms with Crippen LogP contribution in [0.5, 0.6) is 0 Å². The Morgan fingerprint density at radius 1 is 1.20 bits per heavy atom. The molecule has 0 bridgehead atoms. The van der Waals surface area contributed by atoms with Crippen LogP contribution in [0.15, 0.2) is 78.7 Å². The third-order valence-electron chi connectivity index (χ3n) is 4.48. The molecular formula is C21H19FN6OS. The van der Waals surface area contributed by atoms with E-state index in [1.54, 1.807) is 40.1 Å². The number of rotatable bonds is 7. The molecule has 9 heteroatoms. The first kappa shape index (κ1) is 19.8. The highest BCUT2D eigenvalue weighted by Crippen LogP contribution is 2.21. The zero-order valence-corrected chi connectivity index (χ0v) is 17.0. The molecule has 1 amide bonds. The van der Waals surface area contributed by atoms with E-state index in [2.05, 4.69) is 20.4 Å². The van der Waals surface area contributed by atoms with Gasteiger partial charge in [-0.25, -0.2) is 19.0 Å². The zero-order valence-electron chi connectivity index (χ0n) is 16.1. The molecule has 4 rings (SSSR count). The van der Waals surface area contributed by atoms with Crippen molar-refractivity contribution >= 4 is 17.7 Å². The van der Waals surface area contributed by atoms with Gasteiger partial charge in [0.05, 0.1) is 23.2 Å². The van der Waals surface area contributed by atoms with Crippen molar-refractivity contribution in [1.29, 1.82) is 0 Å². The minimum absolute atomic E-state index is 0.110. The van der Waals surface area contributed by atoms with E-state index in [1.165, 1.54) is 30.2 Å². The first-order chi connectivity index (χ1) is 14.6. The Bertz CT molecular complexity index is 1130. The third-order valence-corrected chi connectivity index (χ3v) is 5.45. The van der Waals surface area contributed by atoms with Gasteiger partial charge >= 0.3 is 0 Å². The molecule has 0 aliphatic heterocycles. The maximum absolute atomic E-state index is 13.5. The largest absolute Gasteiger partial charge is 0.349 e. The number of carbonyl (C=O) groups is 1. The quantitative estimate of drug-likeness (QED) is 0.461. The molecule has 0 fully saturated rings. The Labute approximate surface area is 177 Å². The van der Waals surface area contributed by atoms with E-state index in [0.717, 1.165) is 11.3 Å². The summed E-state index contributed by atoms with van der Waals surface area (Å²) in [5.41, 5.74) is 2.55. The fourth-order valence-corrected chi connectivity index (χ4v) is 3.76. The number of hydrogen-bond donors (Lipinski definition) is 1. The summed E-state index contributed by atoms with van der Waals surface area (Å²) < 4.78 is 16.9. The third kappa shape index (κ3) is 4.57. The van der Waals surface area contributed by atoms with Crippen molar-refractivity contribution in [3.63, 3.8) is 0 Å².